The van der Waals surface area contributed by atoms with Crippen LogP contribution in [0.25, 0.3) is 0 Å². The van der Waals surface area contributed by atoms with E-state index >= 15 is 0 Å². The van der Waals surface area contributed by atoms with Crippen molar-refractivity contribution in [3.8, 4) is 0 Å². The third-order valence-electron chi connectivity index (χ3n) is 2.81. The molecule has 1 amide bonds. The Hall–Kier alpha value is -1.98. The Morgan fingerprint density at radius 3 is 2.55 bits per heavy atom. The SMILES string of the molecule is C[C@@H](NC(=O)C(O)c1ccccc1)c1nccnc1Cl. The maximum atomic E-state index is 12.0. The lowest BCUT2D eigenvalue weighted by atomic mass is 10.1. The first-order valence-corrected chi connectivity index (χ1v) is 6.47. The highest BCUT2D eigenvalue weighted by atomic mass is 35.5. The quantitative estimate of drug-likeness (QED) is 0.904. The molecule has 2 aromatic rings. The molecule has 0 bridgehead atoms. The summed E-state index contributed by atoms with van der Waals surface area (Å²) in [5, 5.41) is 12.9. The van der Waals surface area contributed by atoms with Gasteiger partial charge in [-0.2, -0.15) is 0 Å². The van der Waals surface area contributed by atoms with Crippen LogP contribution in [-0.2, 0) is 4.79 Å². The monoisotopic (exact) mass is 291 g/mol. The molecule has 2 N–H and O–H groups in total. The standard InChI is InChI=1S/C14H14ClN3O2/c1-9(11-13(15)17-8-7-16-11)18-14(20)12(19)10-5-3-2-4-6-10/h2-9,12,19H,1H3,(H,18,20)/t9-,12?/m1/s1. The van der Waals surface area contributed by atoms with E-state index in [1.165, 1.54) is 12.4 Å². The van der Waals surface area contributed by atoms with Crippen molar-refractivity contribution in [3.05, 3.63) is 59.1 Å². The van der Waals surface area contributed by atoms with E-state index in [1.54, 1.807) is 31.2 Å². The number of aliphatic hydroxyl groups excluding tert-OH is 1. The van der Waals surface area contributed by atoms with Crippen LogP contribution in [0.4, 0.5) is 0 Å². The first kappa shape index (κ1) is 14.4. The predicted octanol–water partition coefficient (Wildman–Crippen LogP) is 2.04. The molecule has 0 saturated carbocycles. The summed E-state index contributed by atoms with van der Waals surface area (Å²) in [6.07, 6.45) is 1.74. The highest BCUT2D eigenvalue weighted by molar-refractivity contribution is 6.30. The van der Waals surface area contributed by atoms with Crippen LogP contribution in [-0.4, -0.2) is 21.0 Å². The van der Waals surface area contributed by atoms with Gasteiger partial charge in [0.15, 0.2) is 11.3 Å². The predicted molar refractivity (Wildman–Crippen MR) is 75.0 cm³/mol. The van der Waals surface area contributed by atoms with Gasteiger partial charge in [-0.15, -0.1) is 0 Å². The molecule has 0 spiro atoms. The molecule has 0 radical (unpaired) electrons. The van der Waals surface area contributed by atoms with Crippen LogP contribution in [0.5, 0.6) is 0 Å². The molecular weight excluding hydrogens is 278 g/mol. The van der Waals surface area contributed by atoms with Crippen molar-refractivity contribution in [3.63, 3.8) is 0 Å². The summed E-state index contributed by atoms with van der Waals surface area (Å²) in [6, 6.07) is 8.26. The highest BCUT2D eigenvalue weighted by Gasteiger charge is 2.21. The summed E-state index contributed by atoms with van der Waals surface area (Å²) in [5.74, 6) is -0.509. The van der Waals surface area contributed by atoms with Crippen molar-refractivity contribution < 1.29 is 9.90 Å². The van der Waals surface area contributed by atoms with Crippen LogP contribution in [0, 0.1) is 0 Å². The fourth-order valence-corrected chi connectivity index (χ4v) is 2.04. The largest absolute Gasteiger partial charge is 0.378 e. The Bertz CT molecular complexity index is 592. The van der Waals surface area contributed by atoms with Crippen LogP contribution in [0.1, 0.15) is 30.3 Å². The third kappa shape index (κ3) is 3.31. The maximum Gasteiger partial charge on any atom is 0.254 e. The van der Waals surface area contributed by atoms with E-state index in [-0.39, 0.29) is 5.15 Å². The number of carbonyl (C=O) groups excluding carboxylic acids is 1. The van der Waals surface area contributed by atoms with E-state index in [4.69, 9.17) is 11.6 Å². The molecule has 0 aliphatic carbocycles. The number of benzene rings is 1. The highest BCUT2D eigenvalue weighted by Crippen LogP contribution is 2.19. The molecule has 2 rings (SSSR count). The zero-order valence-corrected chi connectivity index (χ0v) is 11.6. The molecule has 0 aliphatic rings. The zero-order chi connectivity index (χ0) is 14.5. The minimum Gasteiger partial charge on any atom is -0.378 e. The Morgan fingerprint density at radius 1 is 1.25 bits per heavy atom. The minimum absolute atomic E-state index is 0.231. The molecule has 20 heavy (non-hydrogen) atoms. The normalized spacial score (nSPS) is 13.6. The minimum atomic E-state index is -1.23. The van der Waals surface area contributed by atoms with Crippen molar-refractivity contribution in [2.45, 2.75) is 19.1 Å². The Morgan fingerprint density at radius 2 is 1.90 bits per heavy atom. The van der Waals surface area contributed by atoms with Crippen LogP contribution in [0.3, 0.4) is 0 Å². The number of nitrogens with one attached hydrogen (secondary N) is 1. The van der Waals surface area contributed by atoms with Gasteiger partial charge in [-0.3, -0.25) is 9.78 Å². The first-order valence-electron chi connectivity index (χ1n) is 6.09. The van der Waals surface area contributed by atoms with Gasteiger partial charge in [0.05, 0.1) is 11.7 Å². The van der Waals surface area contributed by atoms with Crippen LogP contribution in [0.2, 0.25) is 5.15 Å². The summed E-state index contributed by atoms with van der Waals surface area (Å²) >= 11 is 5.91. The van der Waals surface area contributed by atoms with Crippen LogP contribution < -0.4 is 5.32 Å². The van der Waals surface area contributed by atoms with Crippen molar-refractivity contribution in [2.24, 2.45) is 0 Å². The molecule has 0 fully saturated rings. The summed E-state index contributed by atoms with van der Waals surface area (Å²) < 4.78 is 0. The second kappa shape index (κ2) is 6.45. The third-order valence-corrected chi connectivity index (χ3v) is 3.10. The first-order chi connectivity index (χ1) is 9.59. The summed E-state index contributed by atoms with van der Waals surface area (Å²) in [5.41, 5.74) is 0.991. The van der Waals surface area contributed by atoms with Crippen molar-refractivity contribution in [1.29, 1.82) is 0 Å². The number of rotatable bonds is 4. The number of nitrogens with zero attached hydrogens (tertiary/aromatic N) is 2. The lowest BCUT2D eigenvalue weighted by Gasteiger charge is -2.17. The average molecular weight is 292 g/mol. The Kier molecular flexibility index (Phi) is 4.65. The van der Waals surface area contributed by atoms with E-state index in [9.17, 15) is 9.90 Å². The number of amides is 1. The van der Waals surface area contributed by atoms with Gasteiger partial charge in [-0.25, -0.2) is 4.98 Å². The number of hydrogen-bond donors (Lipinski definition) is 2. The lowest BCUT2D eigenvalue weighted by molar-refractivity contribution is -0.130. The summed E-state index contributed by atoms with van der Waals surface area (Å²) in [7, 11) is 0. The fourth-order valence-electron chi connectivity index (χ4n) is 1.77. The van der Waals surface area contributed by atoms with Gasteiger partial charge in [-0.05, 0) is 12.5 Å². The number of aliphatic hydroxyl groups is 1. The molecule has 1 unspecified atom stereocenters. The number of hydrogen-bond acceptors (Lipinski definition) is 4. The summed E-state index contributed by atoms with van der Waals surface area (Å²) in [4.78, 5) is 20.0. The van der Waals surface area contributed by atoms with Crippen LogP contribution in [0.15, 0.2) is 42.7 Å². The van der Waals surface area contributed by atoms with Gasteiger partial charge in [0.25, 0.3) is 5.91 Å². The Labute approximate surface area is 121 Å². The van der Waals surface area contributed by atoms with Gasteiger partial charge in [0.1, 0.15) is 0 Å². The van der Waals surface area contributed by atoms with Gasteiger partial charge in [-0.1, -0.05) is 41.9 Å². The molecule has 2 atom stereocenters. The molecule has 0 aliphatic heterocycles. The number of halogens is 1. The summed E-state index contributed by atoms with van der Waals surface area (Å²) in [6.45, 7) is 1.73. The number of aromatic nitrogens is 2. The van der Waals surface area contributed by atoms with Crippen molar-refractivity contribution in [2.75, 3.05) is 0 Å². The van der Waals surface area contributed by atoms with E-state index in [0.29, 0.717) is 11.3 Å². The lowest BCUT2D eigenvalue weighted by Crippen LogP contribution is -2.32. The van der Waals surface area contributed by atoms with E-state index < -0.39 is 18.1 Å². The molecule has 0 saturated heterocycles. The molecule has 1 aromatic carbocycles. The molecule has 104 valence electrons. The molecule has 5 nitrogen and oxygen atoms in total. The van der Waals surface area contributed by atoms with Gasteiger partial charge >= 0.3 is 0 Å². The fraction of sp³-hybridized carbons (Fsp3) is 0.214. The zero-order valence-electron chi connectivity index (χ0n) is 10.8. The van der Waals surface area contributed by atoms with Gasteiger partial charge in [0, 0.05) is 12.4 Å². The van der Waals surface area contributed by atoms with Gasteiger partial charge in [0.2, 0.25) is 0 Å². The van der Waals surface area contributed by atoms with E-state index in [0.717, 1.165) is 0 Å². The van der Waals surface area contributed by atoms with Crippen molar-refractivity contribution >= 4 is 17.5 Å². The van der Waals surface area contributed by atoms with E-state index in [1.807, 2.05) is 6.07 Å². The second-order valence-corrected chi connectivity index (χ2v) is 4.63. The number of carbonyl (C=O) groups is 1. The van der Waals surface area contributed by atoms with E-state index in [2.05, 4.69) is 15.3 Å². The van der Waals surface area contributed by atoms with Crippen molar-refractivity contribution in [1.82, 2.24) is 15.3 Å². The Balaban J connectivity index is 2.07. The molecular formula is C14H14ClN3O2. The molecule has 1 aromatic heterocycles. The smallest absolute Gasteiger partial charge is 0.254 e. The molecule has 1 heterocycles. The van der Waals surface area contributed by atoms with Crippen LogP contribution >= 0.6 is 11.6 Å². The second-order valence-electron chi connectivity index (χ2n) is 4.28. The topological polar surface area (TPSA) is 75.1 Å². The van der Waals surface area contributed by atoms with Gasteiger partial charge < -0.3 is 10.4 Å². The average Bonchev–Trinajstić information content (AvgIpc) is 2.47. The molecule has 6 heteroatoms. The maximum absolute atomic E-state index is 12.0.